The van der Waals surface area contributed by atoms with E-state index in [2.05, 4.69) is 0 Å². The molecule has 0 aliphatic carbocycles. The summed E-state index contributed by atoms with van der Waals surface area (Å²) in [6.45, 7) is 2.72. The average molecular weight is 198 g/mol. The van der Waals surface area contributed by atoms with E-state index < -0.39 is 12.1 Å². The lowest BCUT2D eigenvalue weighted by molar-refractivity contribution is -0.128. The molecule has 2 heterocycles. The van der Waals surface area contributed by atoms with Gasteiger partial charge in [0, 0.05) is 19.5 Å². The number of amides is 3. The number of hydrogen-bond donors (Lipinski definition) is 1. The first-order valence-electron chi connectivity index (χ1n) is 4.95. The van der Waals surface area contributed by atoms with Crippen LogP contribution in [0.2, 0.25) is 0 Å². The van der Waals surface area contributed by atoms with Gasteiger partial charge < -0.3 is 10.0 Å². The summed E-state index contributed by atoms with van der Waals surface area (Å²) < 4.78 is 0. The normalized spacial score (nSPS) is 31.6. The SMILES string of the molecule is CCCN1C(=O)C2C[C@@H](O)CN2C1=O. The third kappa shape index (κ3) is 1.19. The van der Waals surface area contributed by atoms with Gasteiger partial charge in [-0.15, -0.1) is 0 Å². The van der Waals surface area contributed by atoms with Crippen molar-refractivity contribution in [3.05, 3.63) is 0 Å². The standard InChI is InChI=1S/C9H14N2O3/c1-2-3-10-8(13)7-4-6(12)5-11(7)9(10)14/h6-7,12H,2-5H2,1H3/t6-,7?/m1/s1. The van der Waals surface area contributed by atoms with Gasteiger partial charge in [0.25, 0.3) is 5.91 Å². The molecular weight excluding hydrogens is 184 g/mol. The highest BCUT2D eigenvalue weighted by Gasteiger charge is 2.49. The Morgan fingerprint density at radius 1 is 1.50 bits per heavy atom. The van der Waals surface area contributed by atoms with E-state index in [1.165, 1.54) is 9.80 Å². The van der Waals surface area contributed by atoms with Crippen molar-refractivity contribution in [3.8, 4) is 0 Å². The molecular formula is C9H14N2O3. The number of fused-ring (bicyclic) bond motifs is 1. The van der Waals surface area contributed by atoms with Crippen LogP contribution in [0.4, 0.5) is 4.79 Å². The molecule has 0 spiro atoms. The number of carbonyl (C=O) groups is 2. The van der Waals surface area contributed by atoms with E-state index in [9.17, 15) is 14.7 Å². The van der Waals surface area contributed by atoms with Gasteiger partial charge in [-0.1, -0.05) is 6.92 Å². The second-order valence-corrected chi connectivity index (χ2v) is 3.83. The Morgan fingerprint density at radius 3 is 2.79 bits per heavy atom. The summed E-state index contributed by atoms with van der Waals surface area (Å²) >= 11 is 0. The fraction of sp³-hybridized carbons (Fsp3) is 0.778. The van der Waals surface area contributed by atoms with Crippen LogP contribution in [0.5, 0.6) is 0 Å². The maximum Gasteiger partial charge on any atom is 0.327 e. The van der Waals surface area contributed by atoms with Gasteiger partial charge in [-0.25, -0.2) is 4.79 Å². The summed E-state index contributed by atoms with van der Waals surface area (Å²) in [5, 5.41) is 9.32. The maximum absolute atomic E-state index is 11.7. The highest BCUT2D eigenvalue weighted by molar-refractivity contribution is 6.04. The van der Waals surface area contributed by atoms with E-state index in [4.69, 9.17) is 0 Å². The Balaban J connectivity index is 2.15. The van der Waals surface area contributed by atoms with Gasteiger partial charge in [0.2, 0.25) is 0 Å². The zero-order valence-corrected chi connectivity index (χ0v) is 8.14. The average Bonchev–Trinajstić information content (AvgIpc) is 2.61. The van der Waals surface area contributed by atoms with Crippen molar-refractivity contribution in [2.75, 3.05) is 13.1 Å². The molecule has 0 bridgehead atoms. The fourth-order valence-corrected chi connectivity index (χ4v) is 2.12. The predicted octanol–water partition coefficient (Wildman–Crippen LogP) is -0.206. The van der Waals surface area contributed by atoms with E-state index in [1.54, 1.807) is 0 Å². The van der Waals surface area contributed by atoms with Crippen LogP contribution in [0, 0.1) is 0 Å². The van der Waals surface area contributed by atoms with Crippen LogP contribution in [0.1, 0.15) is 19.8 Å². The van der Waals surface area contributed by atoms with Gasteiger partial charge in [0.05, 0.1) is 6.10 Å². The van der Waals surface area contributed by atoms with E-state index in [1.807, 2.05) is 6.92 Å². The van der Waals surface area contributed by atoms with Crippen molar-refractivity contribution in [1.82, 2.24) is 9.80 Å². The lowest BCUT2D eigenvalue weighted by atomic mass is 10.2. The van der Waals surface area contributed by atoms with Gasteiger partial charge in [-0.05, 0) is 6.42 Å². The number of carbonyl (C=O) groups excluding carboxylic acids is 2. The Labute approximate surface area is 82.3 Å². The zero-order chi connectivity index (χ0) is 10.3. The molecule has 2 aliphatic rings. The van der Waals surface area contributed by atoms with Crippen molar-refractivity contribution in [2.24, 2.45) is 0 Å². The molecule has 0 saturated carbocycles. The van der Waals surface area contributed by atoms with Crippen molar-refractivity contribution in [3.63, 3.8) is 0 Å². The number of urea groups is 1. The Bertz CT molecular complexity index is 255. The van der Waals surface area contributed by atoms with E-state index in [0.717, 1.165) is 6.42 Å². The van der Waals surface area contributed by atoms with Crippen LogP contribution in [-0.2, 0) is 4.79 Å². The van der Waals surface area contributed by atoms with Crippen LogP contribution < -0.4 is 0 Å². The van der Waals surface area contributed by atoms with Gasteiger partial charge >= 0.3 is 6.03 Å². The van der Waals surface area contributed by atoms with E-state index in [0.29, 0.717) is 19.5 Å². The van der Waals surface area contributed by atoms with Crippen LogP contribution in [0.15, 0.2) is 0 Å². The summed E-state index contributed by atoms with van der Waals surface area (Å²) in [5.41, 5.74) is 0. The first-order valence-corrected chi connectivity index (χ1v) is 4.95. The summed E-state index contributed by atoms with van der Waals surface area (Å²) in [5.74, 6) is -0.145. The monoisotopic (exact) mass is 198 g/mol. The number of aliphatic hydroxyl groups is 1. The van der Waals surface area contributed by atoms with Crippen molar-refractivity contribution < 1.29 is 14.7 Å². The second kappa shape index (κ2) is 3.24. The van der Waals surface area contributed by atoms with Gasteiger partial charge in [0.1, 0.15) is 6.04 Å². The number of nitrogens with zero attached hydrogens (tertiary/aromatic N) is 2. The first kappa shape index (κ1) is 9.45. The number of hydrogen-bond acceptors (Lipinski definition) is 3. The zero-order valence-electron chi connectivity index (χ0n) is 8.14. The molecule has 2 aliphatic heterocycles. The van der Waals surface area contributed by atoms with Crippen LogP contribution >= 0.6 is 0 Å². The smallest absolute Gasteiger partial charge is 0.327 e. The minimum absolute atomic E-state index is 0.145. The molecule has 2 saturated heterocycles. The second-order valence-electron chi connectivity index (χ2n) is 3.83. The molecule has 0 radical (unpaired) electrons. The highest BCUT2D eigenvalue weighted by Crippen LogP contribution is 2.27. The molecule has 5 nitrogen and oxygen atoms in total. The molecule has 2 rings (SSSR count). The Morgan fingerprint density at radius 2 is 2.21 bits per heavy atom. The van der Waals surface area contributed by atoms with Crippen LogP contribution in [-0.4, -0.2) is 52.1 Å². The van der Waals surface area contributed by atoms with Gasteiger partial charge in [-0.3, -0.25) is 9.69 Å². The van der Waals surface area contributed by atoms with Crippen LogP contribution in [0.25, 0.3) is 0 Å². The molecule has 3 amide bonds. The Hall–Kier alpha value is -1.10. The van der Waals surface area contributed by atoms with Crippen molar-refractivity contribution in [1.29, 1.82) is 0 Å². The quantitative estimate of drug-likeness (QED) is 0.625. The molecule has 2 atom stereocenters. The predicted molar refractivity (Wildman–Crippen MR) is 48.5 cm³/mol. The minimum Gasteiger partial charge on any atom is -0.391 e. The number of rotatable bonds is 2. The molecule has 0 aromatic rings. The topological polar surface area (TPSA) is 60.9 Å². The maximum atomic E-state index is 11.7. The summed E-state index contributed by atoms with van der Waals surface area (Å²) in [6.07, 6.45) is 0.641. The molecule has 14 heavy (non-hydrogen) atoms. The summed E-state index contributed by atoms with van der Waals surface area (Å²) in [4.78, 5) is 26.1. The van der Waals surface area contributed by atoms with E-state index in [-0.39, 0.29) is 11.9 Å². The first-order chi connectivity index (χ1) is 6.65. The molecule has 5 heteroatoms. The molecule has 1 N–H and O–H groups in total. The molecule has 0 aromatic carbocycles. The summed E-state index contributed by atoms with van der Waals surface area (Å²) in [7, 11) is 0. The minimum atomic E-state index is -0.531. The van der Waals surface area contributed by atoms with Crippen molar-refractivity contribution >= 4 is 11.9 Å². The Kier molecular flexibility index (Phi) is 2.19. The lowest BCUT2D eigenvalue weighted by Crippen LogP contribution is -2.35. The van der Waals surface area contributed by atoms with Gasteiger partial charge in [-0.2, -0.15) is 0 Å². The molecule has 78 valence electrons. The molecule has 2 fully saturated rings. The van der Waals surface area contributed by atoms with Crippen LogP contribution in [0.3, 0.4) is 0 Å². The highest BCUT2D eigenvalue weighted by atomic mass is 16.3. The van der Waals surface area contributed by atoms with Gasteiger partial charge in [0.15, 0.2) is 0 Å². The largest absolute Gasteiger partial charge is 0.391 e. The lowest BCUT2D eigenvalue weighted by Gasteiger charge is -2.14. The number of aliphatic hydroxyl groups excluding tert-OH is 1. The summed E-state index contributed by atoms with van der Waals surface area (Å²) in [6, 6.07) is -0.637. The van der Waals surface area contributed by atoms with E-state index >= 15 is 0 Å². The molecule has 0 aromatic heterocycles. The fourth-order valence-electron chi connectivity index (χ4n) is 2.12. The third-order valence-corrected chi connectivity index (χ3v) is 2.75. The third-order valence-electron chi connectivity index (χ3n) is 2.75. The van der Waals surface area contributed by atoms with Crippen molar-refractivity contribution in [2.45, 2.75) is 31.9 Å². The number of imide groups is 1. The molecule has 1 unspecified atom stereocenters.